The Labute approximate surface area is 178 Å². The highest BCUT2D eigenvalue weighted by Crippen LogP contribution is 2.15. The van der Waals surface area contributed by atoms with Gasteiger partial charge in [-0.05, 0) is 68.4 Å². The molecule has 29 heavy (non-hydrogen) atoms. The summed E-state index contributed by atoms with van der Waals surface area (Å²) in [4.78, 5) is 27.6. The summed E-state index contributed by atoms with van der Waals surface area (Å²) >= 11 is 5.88. The molecule has 0 fully saturated rings. The molecule has 2 unspecified atom stereocenters. The lowest BCUT2D eigenvalue weighted by Crippen LogP contribution is -2.47. The normalized spacial score (nSPS) is 13.0. The second kappa shape index (κ2) is 11.0. The highest BCUT2D eigenvalue weighted by Gasteiger charge is 2.26. The molecule has 2 aromatic rings. The van der Waals surface area contributed by atoms with Crippen LogP contribution in [0, 0.1) is 5.92 Å². The van der Waals surface area contributed by atoms with Crippen LogP contribution in [0.25, 0.3) is 0 Å². The Hall–Kier alpha value is -2.37. The number of benzene rings is 2. The summed E-state index contributed by atoms with van der Waals surface area (Å²) in [7, 11) is 4.09. The van der Waals surface area contributed by atoms with Crippen LogP contribution in [0.3, 0.4) is 0 Å². The Balaban J connectivity index is 2.04. The molecule has 2 amide bonds. The summed E-state index contributed by atoms with van der Waals surface area (Å²) in [5, 5.41) is 6.36. The molecule has 156 valence electrons. The molecular formula is C23H30ClN3O2. The predicted octanol–water partition coefficient (Wildman–Crippen LogP) is 4.23. The number of halogens is 1. The Kier molecular flexibility index (Phi) is 8.68. The summed E-state index contributed by atoms with van der Waals surface area (Å²) in [6.07, 6.45) is 1.72. The van der Waals surface area contributed by atoms with Gasteiger partial charge >= 0.3 is 0 Å². The Morgan fingerprint density at radius 3 is 2.21 bits per heavy atom. The van der Waals surface area contributed by atoms with Crippen molar-refractivity contribution in [1.29, 1.82) is 0 Å². The van der Waals surface area contributed by atoms with Gasteiger partial charge in [-0.3, -0.25) is 9.59 Å². The maximum atomic E-state index is 12.9. The van der Waals surface area contributed by atoms with Gasteiger partial charge in [-0.1, -0.05) is 44.0 Å². The van der Waals surface area contributed by atoms with Gasteiger partial charge in [0.1, 0.15) is 6.04 Å². The zero-order valence-corrected chi connectivity index (χ0v) is 18.3. The van der Waals surface area contributed by atoms with E-state index in [1.54, 1.807) is 24.3 Å². The summed E-state index contributed by atoms with van der Waals surface area (Å²) in [5.41, 5.74) is 2.41. The predicted molar refractivity (Wildman–Crippen MR) is 119 cm³/mol. The maximum absolute atomic E-state index is 12.9. The van der Waals surface area contributed by atoms with Crippen LogP contribution in [-0.2, 0) is 11.2 Å². The molecule has 2 aromatic carbocycles. The molecule has 2 rings (SSSR count). The van der Waals surface area contributed by atoms with E-state index in [1.807, 2.05) is 52.2 Å². The number of hydrogen-bond donors (Lipinski definition) is 2. The molecule has 0 heterocycles. The van der Waals surface area contributed by atoms with Crippen molar-refractivity contribution in [3.8, 4) is 0 Å². The molecule has 0 radical (unpaired) electrons. The second-order valence-electron chi connectivity index (χ2n) is 7.58. The molecule has 0 aliphatic heterocycles. The Morgan fingerprint density at radius 1 is 1.03 bits per heavy atom. The fraction of sp³-hybridized carbons (Fsp3) is 0.391. The van der Waals surface area contributed by atoms with E-state index in [2.05, 4.69) is 15.5 Å². The Bertz CT molecular complexity index is 804. The van der Waals surface area contributed by atoms with E-state index in [1.165, 1.54) is 5.56 Å². The van der Waals surface area contributed by atoms with Crippen molar-refractivity contribution >= 4 is 29.1 Å². The van der Waals surface area contributed by atoms with Crippen molar-refractivity contribution in [3.63, 3.8) is 0 Å². The van der Waals surface area contributed by atoms with Gasteiger partial charge in [-0.2, -0.15) is 0 Å². The van der Waals surface area contributed by atoms with E-state index in [9.17, 15) is 9.59 Å². The fourth-order valence-corrected chi connectivity index (χ4v) is 2.98. The highest BCUT2D eigenvalue weighted by molar-refractivity contribution is 6.30. The SMILES string of the molecule is CCC(C)C(NC(=O)c1ccc(Cl)cc1)C(=O)Nc1ccc(CCN(C)C)cc1. The number of amides is 2. The third kappa shape index (κ3) is 7.18. The van der Waals surface area contributed by atoms with Crippen molar-refractivity contribution in [3.05, 3.63) is 64.7 Å². The minimum absolute atomic E-state index is 0.00869. The third-order valence-corrected chi connectivity index (χ3v) is 5.21. The van der Waals surface area contributed by atoms with Crippen molar-refractivity contribution in [2.75, 3.05) is 26.0 Å². The molecule has 0 saturated carbocycles. The van der Waals surface area contributed by atoms with Crippen molar-refractivity contribution in [2.24, 2.45) is 5.92 Å². The maximum Gasteiger partial charge on any atom is 0.251 e. The lowest BCUT2D eigenvalue weighted by molar-refractivity contribution is -0.119. The number of rotatable bonds is 9. The highest BCUT2D eigenvalue weighted by atomic mass is 35.5. The van der Waals surface area contributed by atoms with Crippen molar-refractivity contribution in [2.45, 2.75) is 32.7 Å². The van der Waals surface area contributed by atoms with E-state index in [0.717, 1.165) is 25.1 Å². The number of likely N-dealkylation sites (N-methyl/N-ethyl adjacent to an activating group) is 1. The minimum Gasteiger partial charge on any atom is -0.340 e. The van der Waals surface area contributed by atoms with Crippen LogP contribution in [0.1, 0.15) is 36.2 Å². The largest absolute Gasteiger partial charge is 0.340 e. The number of carbonyl (C=O) groups excluding carboxylic acids is 2. The summed E-state index contributed by atoms with van der Waals surface area (Å²) in [5.74, 6) is -0.519. The van der Waals surface area contributed by atoms with E-state index in [-0.39, 0.29) is 17.7 Å². The van der Waals surface area contributed by atoms with Gasteiger partial charge in [0.15, 0.2) is 0 Å². The molecule has 0 aromatic heterocycles. The van der Waals surface area contributed by atoms with Crippen LogP contribution < -0.4 is 10.6 Å². The molecule has 6 heteroatoms. The first-order chi connectivity index (χ1) is 13.8. The molecule has 0 aliphatic carbocycles. The van der Waals surface area contributed by atoms with Crippen LogP contribution >= 0.6 is 11.6 Å². The second-order valence-corrected chi connectivity index (χ2v) is 8.02. The topological polar surface area (TPSA) is 61.4 Å². The van der Waals surface area contributed by atoms with Crippen molar-refractivity contribution in [1.82, 2.24) is 10.2 Å². The van der Waals surface area contributed by atoms with E-state index in [0.29, 0.717) is 10.6 Å². The summed E-state index contributed by atoms with van der Waals surface area (Å²) in [6, 6.07) is 13.8. The van der Waals surface area contributed by atoms with E-state index in [4.69, 9.17) is 11.6 Å². The minimum atomic E-state index is -0.628. The van der Waals surface area contributed by atoms with Crippen LogP contribution in [0.2, 0.25) is 5.02 Å². The van der Waals surface area contributed by atoms with Gasteiger partial charge in [0.25, 0.3) is 5.91 Å². The molecule has 2 N–H and O–H groups in total. The molecule has 2 atom stereocenters. The van der Waals surface area contributed by atoms with E-state index >= 15 is 0 Å². The molecule has 0 aliphatic rings. The smallest absolute Gasteiger partial charge is 0.251 e. The average Bonchev–Trinajstić information content (AvgIpc) is 2.71. The first-order valence-corrected chi connectivity index (χ1v) is 10.3. The van der Waals surface area contributed by atoms with Gasteiger partial charge in [-0.25, -0.2) is 0 Å². The van der Waals surface area contributed by atoms with E-state index < -0.39 is 6.04 Å². The third-order valence-electron chi connectivity index (χ3n) is 4.96. The van der Waals surface area contributed by atoms with Gasteiger partial charge in [0.2, 0.25) is 5.91 Å². The van der Waals surface area contributed by atoms with Crippen LogP contribution in [0.5, 0.6) is 0 Å². The average molecular weight is 416 g/mol. The van der Waals surface area contributed by atoms with Crippen molar-refractivity contribution < 1.29 is 9.59 Å². The number of hydrogen-bond acceptors (Lipinski definition) is 3. The lowest BCUT2D eigenvalue weighted by atomic mass is 9.97. The zero-order valence-electron chi connectivity index (χ0n) is 17.5. The van der Waals surface area contributed by atoms with Gasteiger partial charge in [0, 0.05) is 22.8 Å². The monoisotopic (exact) mass is 415 g/mol. The molecular weight excluding hydrogens is 386 g/mol. The zero-order chi connectivity index (χ0) is 21.4. The molecule has 0 spiro atoms. The van der Waals surface area contributed by atoms with Gasteiger partial charge < -0.3 is 15.5 Å². The summed E-state index contributed by atoms with van der Waals surface area (Å²) in [6.45, 7) is 4.92. The molecule has 0 saturated heterocycles. The number of carbonyl (C=O) groups is 2. The number of nitrogens with zero attached hydrogens (tertiary/aromatic N) is 1. The van der Waals surface area contributed by atoms with Crippen LogP contribution in [0.15, 0.2) is 48.5 Å². The Morgan fingerprint density at radius 2 is 1.66 bits per heavy atom. The quantitative estimate of drug-likeness (QED) is 0.644. The first-order valence-electron chi connectivity index (χ1n) is 9.91. The van der Waals surface area contributed by atoms with Gasteiger partial charge in [-0.15, -0.1) is 0 Å². The molecule has 5 nitrogen and oxygen atoms in total. The van der Waals surface area contributed by atoms with Crippen LogP contribution in [-0.4, -0.2) is 43.4 Å². The van der Waals surface area contributed by atoms with Gasteiger partial charge in [0.05, 0.1) is 0 Å². The lowest BCUT2D eigenvalue weighted by Gasteiger charge is -2.23. The summed E-state index contributed by atoms with van der Waals surface area (Å²) < 4.78 is 0. The first kappa shape index (κ1) is 22.9. The number of anilines is 1. The molecule has 0 bridgehead atoms. The number of nitrogens with one attached hydrogen (secondary N) is 2. The standard InChI is InChI=1S/C23H30ClN3O2/c1-5-16(2)21(26-22(28)18-8-10-19(24)11-9-18)23(29)25-20-12-6-17(7-13-20)14-15-27(3)4/h6-13,16,21H,5,14-15H2,1-4H3,(H,25,29)(H,26,28). The van der Waals surface area contributed by atoms with Crippen LogP contribution in [0.4, 0.5) is 5.69 Å². The fourth-order valence-electron chi connectivity index (χ4n) is 2.86.